The second-order valence-corrected chi connectivity index (χ2v) is 10.00. The first-order chi connectivity index (χ1) is 18.7. The third-order valence-corrected chi connectivity index (χ3v) is 7.09. The predicted molar refractivity (Wildman–Crippen MR) is 149 cm³/mol. The maximum Gasteiger partial charge on any atom is 0.338 e. The van der Waals surface area contributed by atoms with Crippen LogP contribution in [0.1, 0.15) is 44.9 Å². The van der Waals surface area contributed by atoms with Crippen molar-refractivity contribution in [2.45, 2.75) is 39.8 Å². The Labute approximate surface area is 230 Å². The van der Waals surface area contributed by atoms with Gasteiger partial charge in [-0.15, -0.1) is 0 Å². The molecule has 0 unspecified atom stereocenters. The summed E-state index contributed by atoms with van der Waals surface area (Å²) < 4.78 is 29.5. The van der Waals surface area contributed by atoms with Crippen molar-refractivity contribution in [2.75, 3.05) is 27.9 Å². The number of rotatable bonds is 9. The molecule has 206 valence electrons. The number of benzene rings is 2. The number of allylic oxidation sites excluding steroid dienone is 1. The van der Waals surface area contributed by atoms with Crippen molar-refractivity contribution in [3.63, 3.8) is 0 Å². The second-order valence-electron chi connectivity index (χ2n) is 8.99. The summed E-state index contributed by atoms with van der Waals surface area (Å²) >= 11 is 1.23. The predicted octanol–water partition coefficient (Wildman–Crippen LogP) is 3.61. The Morgan fingerprint density at radius 1 is 1.05 bits per heavy atom. The highest BCUT2D eigenvalue weighted by Gasteiger charge is 2.33. The summed E-state index contributed by atoms with van der Waals surface area (Å²) in [5.74, 6) is 1.70. The molecule has 0 saturated heterocycles. The molecule has 0 saturated carbocycles. The first kappa shape index (κ1) is 28.0. The summed E-state index contributed by atoms with van der Waals surface area (Å²) in [4.78, 5) is 32.1. The van der Waals surface area contributed by atoms with Crippen molar-refractivity contribution in [3.8, 4) is 23.0 Å². The van der Waals surface area contributed by atoms with Crippen LogP contribution in [0.25, 0.3) is 6.08 Å². The van der Waals surface area contributed by atoms with E-state index in [1.807, 2.05) is 38.1 Å². The number of thiazole rings is 1. The van der Waals surface area contributed by atoms with Gasteiger partial charge >= 0.3 is 5.97 Å². The summed E-state index contributed by atoms with van der Waals surface area (Å²) in [5, 5.41) is 0. The molecule has 0 amide bonds. The fourth-order valence-electron chi connectivity index (χ4n) is 4.41. The molecular formula is C29H32N2O7S. The van der Waals surface area contributed by atoms with Crippen LogP contribution in [-0.4, -0.2) is 44.6 Å². The van der Waals surface area contributed by atoms with Crippen molar-refractivity contribution >= 4 is 23.4 Å². The Kier molecular flexibility index (Phi) is 8.44. The minimum absolute atomic E-state index is 0.0133. The van der Waals surface area contributed by atoms with Gasteiger partial charge in [-0.05, 0) is 57.5 Å². The molecule has 0 bridgehead atoms. The van der Waals surface area contributed by atoms with Crippen LogP contribution in [0, 0.1) is 0 Å². The molecule has 1 aliphatic heterocycles. The second kappa shape index (κ2) is 11.8. The molecule has 9 nitrogen and oxygen atoms in total. The van der Waals surface area contributed by atoms with Crippen molar-refractivity contribution in [2.24, 2.45) is 4.99 Å². The lowest BCUT2D eigenvalue weighted by Crippen LogP contribution is -2.39. The van der Waals surface area contributed by atoms with E-state index in [1.54, 1.807) is 58.0 Å². The molecule has 39 heavy (non-hydrogen) atoms. The minimum atomic E-state index is -0.720. The van der Waals surface area contributed by atoms with Crippen molar-refractivity contribution < 1.29 is 28.5 Å². The summed E-state index contributed by atoms with van der Waals surface area (Å²) in [6.45, 7) is 7.60. The SMILES string of the molecule is CCOC(=O)C1=C(C)N=c2s/c(=C/c3cc(OC)c(OC)cc3OC)c(=O)n2[C@@H]1c1ccc(OC(C)C)cc1. The number of ether oxygens (including phenoxy) is 5. The summed E-state index contributed by atoms with van der Waals surface area (Å²) in [6, 6.07) is 10.1. The highest BCUT2D eigenvalue weighted by Crippen LogP contribution is 2.35. The zero-order chi connectivity index (χ0) is 28.3. The fraction of sp³-hybridized carbons (Fsp3) is 0.345. The highest BCUT2D eigenvalue weighted by atomic mass is 32.1. The Hall–Kier alpha value is -4.05. The van der Waals surface area contributed by atoms with Gasteiger partial charge in [0.2, 0.25) is 0 Å². The van der Waals surface area contributed by atoms with E-state index in [9.17, 15) is 9.59 Å². The van der Waals surface area contributed by atoms with Crippen LogP contribution in [0.5, 0.6) is 23.0 Å². The average molecular weight is 553 g/mol. The third kappa shape index (κ3) is 5.56. The van der Waals surface area contributed by atoms with Gasteiger partial charge in [0.25, 0.3) is 5.56 Å². The molecule has 2 aromatic carbocycles. The average Bonchev–Trinajstić information content (AvgIpc) is 3.21. The maximum atomic E-state index is 13.9. The van der Waals surface area contributed by atoms with Crippen LogP contribution < -0.4 is 33.8 Å². The lowest BCUT2D eigenvalue weighted by atomic mass is 9.96. The van der Waals surface area contributed by atoms with Gasteiger partial charge in [-0.1, -0.05) is 23.5 Å². The van der Waals surface area contributed by atoms with Gasteiger partial charge in [-0.25, -0.2) is 9.79 Å². The van der Waals surface area contributed by atoms with Crippen LogP contribution in [-0.2, 0) is 9.53 Å². The molecule has 4 rings (SSSR count). The van der Waals surface area contributed by atoms with E-state index in [2.05, 4.69) is 4.99 Å². The molecule has 10 heteroatoms. The first-order valence-electron chi connectivity index (χ1n) is 12.5. The molecule has 0 spiro atoms. The largest absolute Gasteiger partial charge is 0.496 e. The van der Waals surface area contributed by atoms with E-state index in [0.717, 1.165) is 5.56 Å². The molecule has 3 aromatic rings. The molecule has 0 radical (unpaired) electrons. The maximum absolute atomic E-state index is 13.9. The zero-order valence-electron chi connectivity index (χ0n) is 23.1. The standard InChI is InChI=1S/C29H32N2O7S/c1-8-37-28(33)25-17(4)30-29-31(26(25)18-9-11-20(12-10-18)38-16(2)3)27(32)24(39-29)14-19-13-22(35-6)23(36-7)15-21(19)34-5/h9-16,26H,8H2,1-7H3/b24-14+/t26-/m1/s1. The minimum Gasteiger partial charge on any atom is -0.496 e. The van der Waals surface area contributed by atoms with Gasteiger partial charge in [-0.3, -0.25) is 9.36 Å². The molecule has 1 aromatic heterocycles. The van der Waals surface area contributed by atoms with Crippen molar-refractivity contribution in [1.82, 2.24) is 4.57 Å². The lowest BCUT2D eigenvalue weighted by molar-refractivity contribution is -0.139. The monoisotopic (exact) mass is 552 g/mol. The number of esters is 1. The number of fused-ring (bicyclic) bond motifs is 1. The molecule has 0 N–H and O–H groups in total. The van der Waals surface area contributed by atoms with E-state index in [4.69, 9.17) is 23.7 Å². The molecule has 2 heterocycles. The van der Waals surface area contributed by atoms with Gasteiger partial charge in [0.15, 0.2) is 16.3 Å². The quantitative estimate of drug-likeness (QED) is 0.374. The number of aromatic nitrogens is 1. The molecular weight excluding hydrogens is 520 g/mol. The fourth-order valence-corrected chi connectivity index (χ4v) is 5.45. The first-order valence-corrected chi connectivity index (χ1v) is 13.3. The van der Waals surface area contributed by atoms with Gasteiger partial charge in [0.05, 0.1) is 55.9 Å². The Morgan fingerprint density at radius 3 is 2.28 bits per heavy atom. The van der Waals surface area contributed by atoms with Crippen LogP contribution in [0.2, 0.25) is 0 Å². The van der Waals surface area contributed by atoms with Gasteiger partial charge < -0.3 is 23.7 Å². The summed E-state index contributed by atoms with van der Waals surface area (Å²) in [6.07, 6.45) is 1.74. The number of methoxy groups -OCH3 is 3. The number of hydrogen-bond donors (Lipinski definition) is 0. The van der Waals surface area contributed by atoms with Crippen molar-refractivity contribution in [1.29, 1.82) is 0 Å². The van der Waals surface area contributed by atoms with Gasteiger partial charge in [-0.2, -0.15) is 0 Å². The van der Waals surface area contributed by atoms with Crippen molar-refractivity contribution in [3.05, 3.63) is 78.5 Å². The zero-order valence-corrected chi connectivity index (χ0v) is 23.9. The van der Waals surface area contributed by atoms with E-state index in [-0.39, 0.29) is 18.3 Å². The van der Waals surface area contributed by atoms with E-state index in [0.29, 0.717) is 49.2 Å². The van der Waals surface area contributed by atoms with Gasteiger partial charge in [0, 0.05) is 11.6 Å². The van der Waals surface area contributed by atoms with Gasteiger partial charge in [0.1, 0.15) is 11.5 Å². The normalized spacial score (nSPS) is 15.1. The van der Waals surface area contributed by atoms with Crippen LogP contribution in [0.15, 0.2) is 57.5 Å². The Bertz CT molecular complexity index is 1580. The van der Waals surface area contributed by atoms with E-state index < -0.39 is 12.0 Å². The summed E-state index contributed by atoms with van der Waals surface area (Å²) in [5.41, 5.74) is 1.89. The molecule has 1 atom stereocenters. The third-order valence-electron chi connectivity index (χ3n) is 6.11. The smallest absolute Gasteiger partial charge is 0.338 e. The molecule has 0 fully saturated rings. The number of nitrogens with zero attached hydrogens (tertiary/aromatic N) is 2. The Morgan fingerprint density at radius 2 is 1.69 bits per heavy atom. The lowest BCUT2D eigenvalue weighted by Gasteiger charge is -2.25. The Balaban J connectivity index is 1.92. The van der Waals surface area contributed by atoms with Crippen LogP contribution in [0.4, 0.5) is 0 Å². The summed E-state index contributed by atoms with van der Waals surface area (Å²) in [7, 11) is 4.63. The van der Waals surface area contributed by atoms with E-state index in [1.165, 1.54) is 11.3 Å². The molecule has 1 aliphatic rings. The topological polar surface area (TPSA) is 97.6 Å². The van der Waals surface area contributed by atoms with Crippen LogP contribution >= 0.6 is 11.3 Å². The number of carbonyl (C=O) groups is 1. The number of hydrogen-bond acceptors (Lipinski definition) is 9. The number of carbonyl (C=O) groups excluding carboxylic acids is 1. The highest BCUT2D eigenvalue weighted by molar-refractivity contribution is 7.07. The van der Waals surface area contributed by atoms with E-state index >= 15 is 0 Å². The van der Waals surface area contributed by atoms with Crippen LogP contribution in [0.3, 0.4) is 0 Å². The molecule has 0 aliphatic carbocycles.